The van der Waals surface area contributed by atoms with E-state index < -0.39 is 0 Å². The second kappa shape index (κ2) is 3.22. The van der Waals surface area contributed by atoms with Crippen LogP contribution in [-0.4, -0.2) is 35.8 Å². The van der Waals surface area contributed by atoms with Gasteiger partial charge in [-0.3, -0.25) is 4.99 Å². The largest absolute Gasteiger partial charge is 0.348 e. The van der Waals surface area contributed by atoms with Gasteiger partial charge in [0, 0.05) is 17.6 Å². The summed E-state index contributed by atoms with van der Waals surface area (Å²) in [5.74, 6) is -0.214. The maximum Gasteiger partial charge on any atom is 0.168 e. The molecular formula is C10H15NO2S. The molecule has 0 amide bonds. The highest BCUT2D eigenvalue weighted by Gasteiger charge is 2.47. The van der Waals surface area contributed by atoms with Crippen LogP contribution in [0.2, 0.25) is 0 Å². The van der Waals surface area contributed by atoms with Crippen molar-refractivity contribution in [3.8, 4) is 0 Å². The summed E-state index contributed by atoms with van der Waals surface area (Å²) in [6, 6.07) is 0. The molecule has 1 saturated heterocycles. The lowest BCUT2D eigenvalue weighted by Gasteiger charge is -2.40. The van der Waals surface area contributed by atoms with Gasteiger partial charge in [-0.25, -0.2) is 0 Å². The molecule has 2 fully saturated rings. The molecule has 3 nitrogen and oxygen atoms in total. The van der Waals surface area contributed by atoms with Crippen LogP contribution in [0.15, 0.2) is 4.99 Å². The standard InChI is InChI=1S/C10H15NO2S/c1-3-10(12-5-6-13-10)4-2-9(1)7-11-8-14-9/h8H,1-7H2. The van der Waals surface area contributed by atoms with Gasteiger partial charge in [0.15, 0.2) is 5.79 Å². The minimum atomic E-state index is -0.214. The third-order valence-corrected chi connectivity index (χ3v) is 4.79. The van der Waals surface area contributed by atoms with Gasteiger partial charge in [0.25, 0.3) is 0 Å². The Kier molecular flexibility index (Phi) is 2.11. The lowest BCUT2D eigenvalue weighted by Crippen LogP contribution is -2.42. The summed E-state index contributed by atoms with van der Waals surface area (Å²) in [7, 11) is 0. The van der Waals surface area contributed by atoms with E-state index in [4.69, 9.17) is 9.47 Å². The molecule has 1 saturated carbocycles. The molecule has 0 bridgehead atoms. The van der Waals surface area contributed by atoms with Crippen LogP contribution in [0.1, 0.15) is 25.7 Å². The SMILES string of the molecule is C1=NCC2(CCC3(CC2)OCCO3)S1. The molecular weight excluding hydrogens is 198 g/mol. The zero-order valence-corrected chi connectivity index (χ0v) is 9.02. The predicted molar refractivity (Wildman–Crippen MR) is 56.8 cm³/mol. The normalized spacial score (nSPS) is 33.1. The maximum atomic E-state index is 5.71. The fourth-order valence-corrected chi connectivity index (χ4v) is 3.50. The lowest BCUT2D eigenvalue weighted by molar-refractivity contribution is -0.179. The zero-order valence-electron chi connectivity index (χ0n) is 8.20. The van der Waals surface area contributed by atoms with Crippen LogP contribution >= 0.6 is 11.8 Å². The van der Waals surface area contributed by atoms with Crippen LogP contribution in [0.4, 0.5) is 0 Å². The van der Waals surface area contributed by atoms with E-state index >= 15 is 0 Å². The van der Waals surface area contributed by atoms with E-state index in [1.54, 1.807) is 0 Å². The molecule has 2 aliphatic heterocycles. The zero-order chi connectivity index (χ0) is 9.49. The van der Waals surface area contributed by atoms with Crippen LogP contribution in [0.25, 0.3) is 0 Å². The Labute approximate surface area is 88.3 Å². The summed E-state index contributed by atoms with van der Waals surface area (Å²) in [6.07, 6.45) is 4.45. The Bertz CT molecular complexity index is 235. The fourth-order valence-electron chi connectivity index (χ4n) is 2.54. The first-order valence-corrected chi connectivity index (χ1v) is 6.15. The first-order chi connectivity index (χ1) is 6.83. The lowest BCUT2D eigenvalue weighted by atomic mass is 9.84. The molecule has 3 rings (SSSR count). The quantitative estimate of drug-likeness (QED) is 0.615. The van der Waals surface area contributed by atoms with Gasteiger partial charge in [-0.1, -0.05) is 0 Å². The Balaban J connectivity index is 1.67. The van der Waals surface area contributed by atoms with Crippen molar-refractivity contribution in [3.05, 3.63) is 0 Å². The number of ether oxygens (including phenoxy) is 2. The van der Waals surface area contributed by atoms with Crippen molar-refractivity contribution < 1.29 is 9.47 Å². The average Bonchev–Trinajstić information content (AvgIpc) is 2.81. The van der Waals surface area contributed by atoms with E-state index in [0.29, 0.717) is 4.75 Å². The van der Waals surface area contributed by atoms with E-state index in [0.717, 1.165) is 32.6 Å². The molecule has 1 aliphatic carbocycles. The van der Waals surface area contributed by atoms with E-state index in [2.05, 4.69) is 4.99 Å². The molecule has 0 aromatic carbocycles. The molecule has 78 valence electrons. The number of thioether (sulfide) groups is 1. The van der Waals surface area contributed by atoms with Gasteiger partial charge < -0.3 is 9.47 Å². The van der Waals surface area contributed by atoms with Gasteiger partial charge >= 0.3 is 0 Å². The molecule has 0 unspecified atom stereocenters. The smallest absolute Gasteiger partial charge is 0.168 e. The molecule has 0 aromatic heterocycles. The van der Waals surface area contributed by atoms with Crippen molar-refractivity contribution in [3.63, 3.8) is 0 Å². The summed E-state index contributed by atoms with van der Waals surface area (Å²) >= 11 is 1.90. The van der Waals surface area contributed by atoms with Crippen LogP contribution in [0.5, 0.6) is 0 Å². The summed E-state index contributed by atoms with van der Waals surface area (Å²) in [5, 5.41) is 0. The van der Waals surface area contributed by atoms with Crippen molar-refractivity contribution in [2.24, 2.45) is 4.99 Å². The average molecular weight is 213 g/mol. The highest BCUT2D eigenvalue weighted by atomic mass is 32.2. The molecule has 4 heteroatoms. The van der Waals surface area contributed by atoms with Crippen LogP contribution in [0, 0.1) is 0 Å². The van der Waals surface area contributed by atoms with E-state index in [1.807, 2.05) is 17.3 Å². The number of hydrogen-bond donors (Lipinski definition) is 0. The van der Waals surface area contributed by atoms with Gasteiger partial charge in [0.1, 0.15) is 0 Å². The van der Waals surface area contributed by atoms with E-state index in [1.165, 1.54) is 12.8 Å². The second-order valence-electron chi connectivity index (χ2n) is 4.35. The fraction of sp³-hybridized carbons (Fsp3) is 0.900. The number of aliphatic imine (C=N–C) groups is 1. The van der Waals surface area contributed by atoms with Crippen molar-refractivity contribution in [1.82, 2.24) is 0 Å². The first-order valence-electron chi connectivity index (χ1n) is 5.27. The summed E-state index contributed by atoms with van der Waals surface area (Å²) in [4.78, 5) is 4.33. The summed E-state index contributed by atoms with van der Waals surface area (Å²) < 4.78 is 11.8. The number of hydrogen-bond acceptors (Lipinski definition) is 4. The third-order valence-electron chi connectivity index (χ3n) is 3.49. The second-order valence-corrected chi connectivity index (χ2v) is 5.67. The molecule has 2 heterocycles. The van der Waals surface area contributed by atoms with Gasteiger partial charge in [-0.2, -0.15) is 0 Å². The van der Waals surface area contributed by atoms with Crippen LogP contribution in [-0.2, 0) is 9.47 Å². The summed E-state index contributed by atoms with van der Waals surface area (Å²) in [6.45, 7) is 2.54. The molecule has 0 N–H and O–H groups in total. The van der Waals surface area contributed by atoms with Crippen molar-refractivity contribution in [2.45, 2.75) is 36.2 Å². The highest BCUT2D eigenvalue weighted by Crippen LogP contribution is 2.47. The molecule has 14 heavy (non-hydrogen) atoms. The Morgan fingerprint density at radius 1 is 1.07 bits per heavy atom. The Hall–Kier alpha value is -0.0600. The van der Waals surface area contributed by atoms with Crippen molar-refractivity contribution >= 4 is 17.3 Å². The molecule has 3 aliphatic rings. The van der Waals surface area contributed by atoms with Crippen LogP contribution in [0.3, 0.4) is 0 Å². The van der Waals surface area contributed by atoms with Gasteiger partial charge in [-0.15, -0.1) is 11.8 Å². The third kappa shape index (κ3) is 1.40. The minimum Gasteiger partial charge on any atom is -0.348 e. The predicted octanol–water partition coefficient (Wildman–Crippen LogP) is 1.82. The van der Waals surface area contributed by atoms with Gasteiger partial charge in [0.2, 0.25) is 0 Å². The van der Waals surface area contributed by atoms with Crippen molar-refractivity contribution in [1.29, 1.82) is 0 Å². The summed E-state index contributed by atoms with van der Waals surface area (Å²) in [5.41, 5.74) is 2.01. The maximum absolute atomic E-state index is 5.71. The van der Waals surface area contributed by atoms with Gasteiger partial charge in [0.05, 0.1) is 25.3 Å². The topological polar surface area (TPSA) is 30.8 Å². The number of rotatable bonds is 0. The number of nitrogens with zero attached hydrogens (tertiary/aromatic N) is 1. The Morgan fingerprint density at radius 3 is 2.36 bits per heavy atom. The van der Waals surface area contributed by atoms with Crippen LogP contribution < -0.4 is 0 Å². The molecule has 0 atom stereocenters. The highest BCUT2D eigenvalue weighted by molar-refractivity contribution is 8.13. The van der Waals surface area contributed by atoms with E-state index in [9.17, 15) is 0 Å². The van der Waals surface area contributed by atoms with Gasteiger partial charge in [-0.05, 0) is 12.8 Å². The first kappa shape index (κ1) is 9.19. The van der Waals surface area contributed by atoms with Crippen molar-refractivity contribution in [2.75, 3.05) is 19.8 Å². The Morgan fingerprint density at radius 2 is 1.79 bits per heavy atom. The minimum absolute atomic E-state index is 0.214. The molecule has 2 spiro atoms. The monoisotopic (exact) mass is 213 g/mol. The molecule has 0 radical (unpaired) electrons. The molecule has 0 aromatic rings. The van der Waals surface area contributed by atoms with E-state index in [-0.39, 0.29) is 5.79 Å².